The molecule has 0 radical (unpaired) electrons. The molecule has 0 fully saturated rings. The Hall–Kier alpha value is -0.520. The molecule has 0 rings (SSSR count). The van der Waals surface area contributed by atoms with Crippen molar-refractivity contribution in [3.05, 3.63) is 20.8 Å². The third-order valence-corrected chi connectivity index (χ3v) is 2.04. The number of carbonyl (C=O) groups is 1. The number of allylic oxidation sites excluding steroid dienone is 1. The predicted octanol–water partition coefficient (Wildman–Crippen LogP) is 1.69. The van der Waals surface area contributed by atoms with Gasteiger partial charge in [-0.3, -0.25) is 10.1 Å². The number of methoxy groups -OCH3 is 1. The second kappa shape index (κ2) is 5.26. The smallest absolute Gasteiger partial charge is 0.410 e. The molecule has 0 aromatic carbocycles. The summed E-state index contributed by atoms with van der Waals surface area (Å²) in [4.78, 5) is 18.7. The highest BCUT2D eigenvalue weighted by Crippen LogP contribution is 2.23. The van der Waals surface area contributed by atoms with Gasteiger partial charge in [0.25, 0.3) is 0 Å². The molecular weight excluding hydrogens is 244 g/mol. The lowest BCUT2D eigenvalue weighted by Crippen LogP contribution is -2.16. The second-order valence-electron chi connectivity index (χ2n) is 1.75. The van der Waals surface area contributed by atoms with E-state index in [1.54, 1.807) is 0 Å². The van der Waals surface area contributed by atoms with Crippen LogP contribution in [-0.2, 0) is 9.53 Å². The van der Waals surface area contributed by atoms with Gasteiger partial charge in [0.05, 0.1) is 12.0 Å². The number of alkyl halides is 2. The first-order valence-electron chi connectivity index (χ1n) is 2.82. The highest BCUT2D eigenvalue weighted by molar-refractivity contribution is 6.52. The Labute approximate surface area is 88.3 Å². The molecule has 5 nitrogen and oxygen atoms in total. The predicted molar refractivity (Wildman–Crippen MR) is 47.4 cm³/mol. The Bertz CT molecular complexity index is 263. The minimum atomic E-state index is -1.33. The molecule has 0 aliphatic rings. The van der Waals surface area contributed by atoms with Gasteiger partial charge in [-0.2, -0.15) is 0 Å². The van der Waals surface area contributed by atoms with E-state index in [0.29, 0.717) is 0 Å². The Morgan fingerprint density at radius 2 is 2.00 bits per heavy atom. The molecule has 0 spiro atoms. The third-order valence-electron chi connectivity index (χ3n) is 0.979. The summed E-state index contributed by atoms with van der Waals surface area (Å²) >= 11 is 15.8. The van der Waals surface area contributed by atoms with Crippen LogP contribution in [0.2, 0.25) is 0 Å². The maximum Gasteiger partial charge on any atom is 0.410 e. The highest BCUT2D eigenvalue weighted by Gasteiger charge is 2.30. The van der Waals surface area contributed by atoms with Crippen LogP contribution in [0.1, 0.15) is 0 Å². The Morgan fingerprint density at radius 1 is 1.54 bits per heavy atom. The van der Waals surface area contributed by atoms with Gasteiger partial charge < -0.3 is 4.74 Å². The van der Waals surface area contributed by atoms with Gasteiger partial charge in [0.2, 0.25) is 0 Å². The van der Waals surface area contributed by atoms with Gasteiger partial charge in [0.15, 0.2) is 0 Å². The normalized spacial score (nSPS) is 12.4. The Kier molecular flexibility index (Phi) is 5.05. The van der Waals surface area contributed by atoms with Gasteiger partial charge in [0.1, 0.15) is 9.87 Å². The van der Waals surface area contributed by atoms with Gasteiger partial charge in [-0.1, -0.05) is 34.8 Å². The Morgan fingerprint density at radius 3 is 2.23 bits per heavy atom. The molecule has 0 atom stereocenters. The molecule has 0 saturated carbocycles. The van der Waals surface area contributed by atoms with Crippen molar-refractivity contribution in [1.82, 2.24) is 0 Å². The zero-order valence-corrected chi connectivity index (χ0v) is 8.56. The number of carbonyl (C=O) groups excluding carboxylic acids is 1. The lowest BCUT2D eigenvalue weighted by molar-refractivity contribution is -0.421. The monoisotopic (exact) mass is 247 g/mol. The fraction of sp³-hybridized carbons (Fsp3) is 0.400. The molecule has 0 N–H and O–H groups in total. The van der Waals surface area contributed by atoms with Gasteiger partial charge in [-0.05, 0) is 0 Å². The standard InChI is InChI=1S/C5H4Cl3NO4/c1-13-5(10)3(9(11)12)2(6)4(7)8/h4H,1H3/b3-2+. The summed E-state index contributed by atoms with van der Waals surface area (Å²) in [5.74, 6) is -1.19. The van der Waals surface area contributed by atoms with E-state index in [-0.39, 0.29) is 0 Å². The number of hydrogen-bond donors (Lipinski definition) is 0. The molecule has 74 valence electrons. The van der Waals surface area contributed by atoms with E-state index in [1.165, 1.54) is 0 Å². The molecule has 0 bridgehead atoms. The first kappa shape index (κ1) is 12.5. The van der Waals surface area contributed by atoms with E-state index in [0.717, 1.165) is 7.11 Å². The van der Waals surface area contributed by atoms with Crippen LogP contribution in [0.15, 0.2) is 10.7 Å². The van der Waals surface area contributed by atoms with Crippen LogP contribution in [0, 0.1) is 10.1 Å². The van der Waals surface area contributed by atoms with Gasteiger partial charge in [0, 0.05) is 0 Å². The number of ether oxygens (including phenoxy) is 1. The summed E-state index contributed by atoms with van der Waals surface area (Å²) in [5, 5.41) is 9.72. The number of rotatable bonds is 3. The fourth-order valence-electron chi connectivity index (χ4n) is 0.459. The van der Waals surface area contributed by atoms with Crippen molar-refractivity contribution in [2.75, 3.05) is 7.11 Å². The van der Waals surface area contributed by atoms with Gasteiger partial charge in [-0.15, -0.1) is 0 Å². The van der Waals surface area contributed by atoms with E-state index in [1.807, 2.05) is 0 Å². The summed E-state index contributed by atoms with van der Waals surface area (Å²) in [7, 11) is 0.980. The fourth-order valence-corrected chi connectivity index (χ4v) is 0.812. The Balaban J connectivity index is 5.12. The van der Waals surface area contributed by atoms with E-state index >= 15 is 0 Å². The van der Waals surface area contributed by atoms with Crippen LogP contribution >= 0.6 is 34.8 Å². The zero-order chi connectivity index (χ0) is 10.6. The van der Waals surface area contributed by atoms with E-state index in [2.05, 4.69) is 4.74 Å². The summed E-state index contributed by atoms with van der Waals surface area (Å²) in [6, 6.07) is 0. The third kappa shape index (κ3) is 3.38. The van der Waals surface area contributed by atoms with Crippen LogP contribution in [0.5, 0.6) is 0 Å². The first-order valence-corrected chi connectivity index (χ1v) is 4.07. The number of nitrogens with zero attached hydrogens (tertiary/aromatic N) is 1. The van der Waals surface area contributed by atoms with E-state index in [9.17, 15) is 14.9 Å². The van der Waals surface area contributed by atoms with Crippen molar-refractivity contribution in [3.8, 4) is 0 Å². The molecule has 0 aromatic heterocycles. The second-order valence-corrected chi connectivity index (χ2v) is 3.25. The number of esters is 1. The molecule has 0 aliphatic carbocycles. The largest absolute Gasteiger partial charge is 0.461 e. The molecule has 0 unspecified atom stereocenters. The molecular formula is C5H4Cl3NO4. The molecule has 0 saturated heterocycles. The van der Waals surface area contributed by atoms with Crippen molar-refractivity contribution in [2.45, 2.75) is 4.84 Å². The summed E-state index contributed by atoms with van der Waals surface area (Å²) < 4.78 is 4.10. The first-order chi connectivity index (χ1) is 5.91. The average molecular weight is 248 g/mol. The van der Waals surface area contributed by atoms with Gasteiger partial charge >= 0.3 is 11.7 Å². The summed E-state index contributed by atoms with van der Waals surface area (Å²) in [6.07, 6.45) is 0. The molecule has 0 aliphatic heterocycles. The lowest BCUT2D eigenvalue weighted by atomic mass is 10.4. The van der Waals surface area contributed by atoms with Crippen LogP contribution < -0.4 is 0 Å². The number of halogens is 3. The molecule has 0 amide bonds. The van der Waals surface area contributed by atoms with Crippen molar-refractivity contribution in [2.24, 2.45) is 0 Å². The molecule has 8 heteroatoms. The van der Waals surface area contributed by atoms with Crippen molar-refractivity contribution < 1.29 is 14.5 Å². The van der Waals surface area contributed by atoms with Crippen molar-refractivity contribution in [1.29, 1.82) is 0 Å². The highest BCUT2D eigenvalue weighted by atomic mass is 35.5. The molecule has 13 heavy (non-hydrogen) atoms. The molecule has 0 heterocycles. The SMILES string of the molecule is COC(=O)/C(=C(\Cl)C(Cl)Cl)[N+](=O)[O-]. The topological polar surface area (TPSA) is 69.4 Å². The van der Waals surface area contributed by atoms with Crippen LogP contribution in [0.3, 0.4) is 0 Å². The number of hydrogen-bond acceptors (Lipinski definition) is 4. The zero-order valence-electron chi connectivity index (χ0n) is 6.29. The van der Waals surface area contributed by atoms with E-state index in [4.69, 9.17) is 34.8 Å². The lowest BCUT2D eigenvalue weighted by Gasteiger charge is -2.00. The molecule has 0 aromatic rings. The van der Waals surface area contributed by atoms with E-state index < -0.39 is 26.5 Å². The van der Waals surface area contributed by atoms with Crippen molar-refractivity contribution in [3.63, 3.8) is 0 Å². The van der Waals surface area contributed by atoms with Crippen molar-refractivity contribution >= 4 is 40.8 Å². The van der Waals surface area contributed by atoms with Crippen LogP contribution in [0.25, 0.3) is 0 Å². The maximum absolute atomic E-state index is 10.8. The van der Waals surface area contributed by atoms with Gasteiger partial charge in [-0.25, -0.2) is 4.79 Å². The quantitative estimate of drug-likeness (QED) is 0.250. The van der Waals surface area contributed by atoms with Crippen LogP contribution in [-0.4, -0.2) is 22.8 Å². The number of nitro groups is 1. The minimum Gasteiger partial charge on any atom is -0.461 e. The average Bonchev–Trinajstić information content (AvgIpc) is 2.03. The maximum atomic E-state index is 10.8. The summed E-state index contributed by atoms with van der Waals surface area (Å²) in [6.45, 7) is 0. The summed E-state index contributed by atoms with van der Waals surface area (Å²) in [5.41, 5.74) is -0.959. The minimum absolute atomic E-state index is 0.569. The van der Waals surface area contributed by atoms with Crippen LogP contribution in [0.4, 0.5) is 0 Å².